The van der Waals surface area contributed by atoms with Crippen molar-refractivity contribution in [3.8, 4) is 0 Å². The van der Waals surface area contributed by atoms with Gasteiger partial charge in [-0.2, -0.15) is 0 Å². The molecule has 0 saturated carbocycles. The number of unbranched alkanes of at least 4 members (excludes halogenated alkanes) is 26. The summed E-state index contributed by atoms with van der Waals surface area (Å²) < 4.78 is 34.3. The van der Waals surface area contributed by atoms with Gasteiger partial charge in [-0.1, -0.05) is 174 Å². The van der Waals surface area contributed by atoms with Crippen LogP contribution in [-0.2, 0) is 32.7 Å². The van der Waals surface area contributed by atoms with Crippen molar-refractivity contribution >= 4 is 19.8 Å². The van der Waals surface area contributed by atoms with Crippen LogP contribution in [0.25, 0.3) is 0 Å². The average molecular weight is 803 g/mol. The Balaban J connectivity index is 4.26. The largest absolute Gasteiger partial charge is 0.472 e. The molecule has 0 bridgehead atoms. The van der Waals surface area contributed by atoms with Gasteiger partial charge < -0.3 is 18.9 Å². The van der Waals surface area contributed by atoms with E-state index in [0.717, 1.165) is 32.1 Å². The molecule has 0 aliphatic carbocycles. The van der Waals surface area contributed by atoms with Crippen LogP contribution in [0.4, 0.5) is 0 Å². The highest BCUT2D eigenvalue weighted by molar-refractivity contribution is 7.47. The van der Waals surface area contributed by atoms with Crippen LogP contribution in [0.1, 0.15) is 213 Å². The van der Waals surface area contributed by atoms with E-state index >= 15 is 0 Å². The molecule has 0 amide bonds. The highest BCUT2D eigenvalue weighted by atomic mass is 31.2. The molecule has 0 radical (unpaired) electrons. The summed E-state index contributed by atoms with van der Waals surface area (Å²) in [7, 11) is 1.49. The summed E-state index contributed by atoms with van der Waals surface area (Å²) in [6.07, 6.45) is 39.7. The monoisotopic (exact) mass is 803 g/mol. The minimum atomic E-state index is -4.37. The minimum Gasteiger partial charge on any atom is -0.462 e. The molecule has 0 saturated heterocycles. The van der Waals surface area contributed by atoms with Crippen molar-refractivity contribution in [3.63, 3.8) is 0 Å². The fourth-order valence-corrected chi connectivity index (χ4v) is 7.16. The van der Waals surface area contributed by atoms with Crippen molar-refractivity contribution in [2.45, 2.75) is 219 Å². The SMILES string of the molecule is CCCCCCCC/C=C/CCCCCCCCCCCC(=O)OC[C@@H](COP(=O)(O)OCC[N+](C)(C)C)OC(=O)CCCCCCCCCCCCCC. The van der Waals surface area contributed by atoms with Crippen molar-refractivity contribution in [1.82, 2.24) is 0 Å². The van der Waals surface area contributed by atoms with E-state index in [9.17, 15) is 19.0 Å². The Morgan fingerprint density at radius 1 is 0.545 bits per heavy atom. The number of phosphoric ester groups is 1. The predicted octanol–water partition coefficient (Wildman–Crippen LogP) is 13.0. The third-order valence-electron chi connectivity index (χ3n) is 10.0. The molecule has 0 aliphatic rings. The molecule has 2 atom stereocenters. The molecule has 1 unspecified atom stereocenters. The summed E-state index contributed by atoms with van der Waals surface area (Å²) in [4.78, 5) is 35.4. The topological polar surface area (TPSA) is 108 Å². The Morgan fingerprint density at radius 3 is 1.35 bits per heavy atom. The van der Waals surface area contributed by atoms with Crippen LogP contribution in [0.5, 0.6) is 0 Å². The molecule has 0 aromatic heterocycles. The molecule has 326 valence electrons. The Kier molecular flexibility index (Phi) is 37.4. The molecule has 0 rings (SSSR count). The van der Waals surface area contributed by atoms with Gasteiger partial charge in [-0.15, -0.1) is 0 Å². The summed E-state index contributed by atoms with van der Waals surface area (Å²) in [5.74, 6) is -0.791. The number of hydrogen-bond donors (Lipinski definition) is 1. The van der Waals surface area contributed by atoms with Crippen LogP contribution < -0.4 is 0 Å². The van der Waals surface area contributed by atoms with E-state index in [-0.39, 0.29) is 25.6 Å². The van der Waals surface area contributed by atoms with Crippen molar-refractivity contribution < 1.29 is 42.1 Å². The van der Waals surface area contributed by atoms with Crippen LogP contribution >= 0.6 is 7.82 Å². The van der Waals surface area contributed by atoms with Gasteiger partial charge in [0, 0.05) is 12.8 Å². The van der Waals surface area contributed by atoms with Gasteiger partial charge in [-0.3, -0.25) is 18.6 Å². The standard InChI is InChI=1S/C45H88NO8P/c1-6-8-10-12-14-16-18-20-21-22-23-24-25-26-28-29-31-33-35-37-44(47)51-41-43(42-53-55(49,50)52-40-39-46(3,4)5)54-45(48)38-36-34-32-30-27-19-17-15-13-11-9-7-2/h20-21,43H,6-19,22-42H2,1-5H3/p+1/b21-20+/t43-/m0/s1. The molecule has 0 spiro atoms. The molecular formula is C45H89NO8P+. The highest BCUT2D eigenvalue weighted by Gasteiger charge is 2.27. The Morgan fingerprint density at radius 2 is 0.927 bits per heavy atom. The fourth-order valence-electron chi connectivity index (χ4n) is 6.42. The van der Waals surface area contributed by atoms with E-state index < -0.39 is 26.5 Å². The molecule has 55 heavy (non-hydrogen) atoms. The van der Waals surface area contributed by atoms with Crippen LogP contribution in [0, 0.1) is 0 Å². The third-order valence-corrected chi connectivity index (χ3v) is 11.0. The van der Waals surface area contributed by atoms with Gasteiger partial charge in [-0.25, -0.2) is 4.57 Å². The zero-order valence-corrected chi connectivity index (χ0v) is 37.6. The average Bonchev–Trinajstić information content (AvgIpc) is 3.13. The number of hydrogen-bond acceptors (Lipinski definition) is 7. The molecule has 0 aromatic rings. The van der Waals surface area contributed by atoms with Crippen molar-refractivity contribution in [1.29, 1.82) is 0 Å². The maximum Gasteiger partial charge on any atom is 0.472 e. The summed E-state index contributed by atoms with van der Waals surface area (Å²) in [6, 6.07) is 0. The number of quaternary nitrogens is 1. The number of likely N-dealkylation sites (N-methyl/N-ethyl adjacent to an activating group) is 1. The molecular weight excluding hydrogens is 713 g/mol. The van der Waals surface area contributed by atoms with Gasteiger partial charge in [0.25, 0.3) is 0 Å². The predicted molar refractivity (Wildman–Crippen MR) is 229 cm³/mol. The van der Waals surface area contributed by atoms with E-state index in [4.69, 9.17) is 18.5 Å². The van der Waals surface area contributed by atoms with Crippen LogP contribution in [-0.4, -0.2) is 74.9 Å². The first-order chi connectivity index (χ1) is 26.5. The number of esters is 2. The molecule has 0 fully saturated rings. The summed E-state index contributed by atoms with van der Waals surface area (Å²) >= 11 is 0. The lowest BCUT2D eigenvalue weighted by Gasteiger charge is -2.24. The lowest BCUT2D eigenvalue weighted by Crippen LogP contribution is -2.37. The number of nitrogens with zero attached hydrogens (tertiary/aromatic N) is 1. The lowest BCUT2D eigenvalue weighted by atomic mass is 10.0. The van der Waals surface area contributed by atoms with Gasteiger partial charge in [0.1, 0.15) is 19.8 Å². The molecule has 10 heteroatoms. The quantitative estimate of drug-likeness (QED) is 0.0214. The Hall–Kier alpha value is -1.25. The van der Waals surface area contributed by atoms with Crippen molar-refractivity contribution in [2.75, 3.05) is 47.5 Å². The normalized spacial score (nSPS) is 13.6. The first-order valence-corrected chi connectivity index (χ1v) is 24.4. The summed E-state index contributed by atoms with van der Waals surface area (Å²) in [6.45, 7) is 4.44. The first-order valence-electron chi connectivity index (χ1n) is 22.9. The number of carbonyl (C=O) groups is 2. The van der Waals surface area contributed by atoms with Gasteiger partial charge in [-0.05, 0) is 38.5 Å². The summed E-state index contributed by atoms with van der Waals surface area (Å²) in [5, 5.41) is 0. The van der Waals surface area contributed by atoms with Gasteiger partial charge >= 0.3 is 19.8 Å². The summed E-state index contributed by atoms with van der Waals surface area (Å²) in [5.41, 5.74) is 0. The van der Waals surface area contributed by atoms with E-state index in [2.05, 4.69) is 26.0 Å². The smallest absolute Gasteiger partial charge is 0.462 e. The maximum absolute atomic E-state index is 12.7. The molecule has 0 heterocycles. The number of rotatable bonds is 42. The van der Waals surface area contributed by atoms with Crippen LogP contribution in [0.3, 0.4) is 0 Å². The molecule has 9 nitrogen and oxygen atoms in total. The second-order valence-electron chi connectivity index (χ2n) is 16.8. The van der Waals surface area contributed by atoms with Gasteiger partial charge in [0.05, 0.1) is 27.7 Å². The van der Waals surface area contributed by atoms with Gasteiger partial charge in [0.15, 0.2) is 6.10 Å². The zero-order chi connectivity index (χ0) is 40.7. The number of allylic oxidation sites excluding steroid dienone is 2. The first kappa shape index (κ1) is 53.8. The second-order valence-corrected chi connectivity index (χ2v) is 18.2. The van der Waals surface area contributed by atoms with E-state index in [1.807, 2.05) is 21.1 Å². The second kappa shape index (κ2) is 38.3. The number of carbonyl (C=O) groups excluding carboxylic acids is 2. The van der Waals surface area contributed by atoms with E-state index in [1.54, 1.807) is 0 Å². The highest BCUT2D eigenvalue weighted by Crippen LogP contribution is 2.43. The number of phosphoric acid groups is 1. The minimum absolute atomic E-state index is 0.0347. The Labute approximate surface area is 339 Å². The van der Waals surface area contributed by atoms with Gasteiger partial charge in [0.2, 0.25) is 0 Å². The van der Waals surface area contributed by atoms with E-state index in [1.165, 1.54) is 148 Å². The Bertz CT molecular complexity index is 954. The number of ether oxygens (including phenoxy) is 2. The van der Waals surface area contributed by atoms with Crippen LogP contribution in [0.2, 0.25) is 0 Å². The van der Waals surface area contributed by atoms with Crippen molar-refractivity contribution in [2.24, 2.45) is 0 Å². The third kappa shape index (κ3) is 42.2. The molecule has 0 aliphatic heterocycles. The maximum atomic E-state index is 12.7. The molecule has 0 aromatic carbocycles. The fraction of sp³-hybridized carbons (Fsp3) is 0.911. The van der Waals surface area contributed by atoms with Crippen LogP contribution in [0.15, 0.2) is 12.2 Å². The lowest BCUT2D eigenvalue weighted by molar-refractivity contribution is -0.870. The zero-order valence-electron chi connectivity index (χ0n) is 36.7. The van der Waals surface area contributed by atoms with Crippen molar-refractivity contribution in [3.05, 3.63) is 12.2 Å². The van der Waals surface area contributed by atoms with E-state index in [0.29, 0.717) is 23.9 Å². The molecule has 1 N–H and O–H groups in total.